The third kappa shape index (κ3) is 4.52. The summed E-state index contributed by atoms with van der Waals surface area (Å²) in [6.45, 7) is 2.43. The van der Waals surface area contributed by atoms with Crippen LogP contribution in [0, 0.1) is 5.92 Å². The Hall–Kier alpha value is -3.71. The van der Waals surface area contributed by atoms with Crippen LogP contribution in [0.4, 0.5) is 0 Å². The van der Waals surface area contributed by atoms with Crippen LogP contribution in [0.5, 0.6) is 5.75 Å². The summed E-state index contributed by atoms with van der Waals surface area (Å²) in [5, 5.41) is 0.599. The molecule has 4 aromatic rings. The molecule has 174 valence electrons. The van der Waals surface area contributed by atoms with E-state index in [0.717, 1.165) is 37.2 Å². The zero-order valence-electron chi connectivity index (χ0n) is 19.1. The van der Waals surface area contributed by atoms with Crippen LogP contribution < -0.4 is 10.3 Å². The van der Waals surface area contributed by atoms with E-state index in [4.69, 9.17) is 14.1 Å². The predicted octanol–water partition coefficient (Wildman–Crippen LogP) is 4.14. The molecule has 7 nitrogen and oxygen atoms in total. The van der Waals surface area contributed by atoms with E-state index in [-0.39, 0.29) is 17.3 Å². The Kier molecular flexibility index (Phi) is 6.27. The first kappa shape index (κ1) is 22.1. The number of hydrogen-bond acceptors (Lipinski definition) is 6. The minimum absolute atomic E-state index is 0.000445. The molecule has 1 aliphatic heterocycles. The second-order valence-electron chi connectivity index (χ2n) is 8.66. The Morgan fingerprint density at radius 3 is 2.50 bits per heavy atom. The van der Waals surface area contributed by atoms with Crippen LogP contribution in [0.15, 0.2) is 76.1 Å². The molecule has 1 aliphatic rings. The number of aromatic nitrogens is 2. The van der Waals surface area contributed by atoms with Gasteiger partial charge in [-0.1, -0.05) is 12.1 Å². The highest BCUT2D eigenvalue weighted by Gasteiger charge is 2.27. The quantitative estimate of drug-likeness (QED) is 0.388. The molecule has 0 atom stereocenters. The summed E-state index contributed by atoms with van der Waals surface area (Å²) in [4.78, 5) is 33.3. The fraction of sp³-hybridized carbons (Fsp3) is 0.296. The molecule has 0 unspecified atom stereocenters. The number of para-hydroxylation sites is 1. The number of likely N-dealkylation sites (tertiary alicyclic amines) is 1. The minimum atomic E-state index is -0.0680. The Labute approximate surface area is 197 Å². The van der Waals surface area contributed by atoms with Crippen LogP contribution in [0.3, 0.4) is 0 Å². The van der Waals surface area contributed by atoms with Gasteiger partial charge in [0.1, 0.15) is 17.3 Å². The van der Waals surface area contributed by atoms with Crippen LogP contribution >= 0.6 is 0 Å². The van der Waals surface area contributed by atoms with Gasteiger partial charge in [0.15, 0.2) is 5.78 Å². The summed E-state index contributed by atoms with van der Waals surface area (Å²) in [5.41, 5.74) is 1.35. The van der Waals surface area contributed by atoms with E-state index in [1.165, 1.54) is 0 Å². The van der Waals surface area contributed by atoms with Crippen molar-refractivity contribution in [2.75, 3.05) is 20.2 Å². The smallest absolute Gasteiger partial charge is 0.261 e. The Bertz CT molecular complexity index is 1330. The van der Waals surface area contributed by atoms with Crippen LogP contribution in [0.2, 0.25) is 0 Å². The monoisotopic (exact) mass is 457 g/mol. The highest BCUT2D eigenvalue weighted by molar-refractivity contribution is 5.98. The molecule has 0 aliphatic carbocycles. The fourth-order valence-electron chi connectivity index (χ4n) is 4.60. The molecule has 0 spiro atoms. The Balaban J connectivity index is 1.32. The lowest BCUT2D eigenvalue weighted by molar-refractivity contribution is 0.0831. The molecule has 0 bridgehead atoms. The van der Waals surface area contributed by atoms with Crippen molar-refractivity contribution in [1.82, 2.24) is 14.5 Å². The number of fused-ring (bicyclic) bond motifs is 1. The van der Waals surface area contributed by atoms with Crippen LogP contribution in [0.1, 0.15) is 34.8 Å². The number of methoxy groups -OCH3 is 1. The summed E-state index contributed by atoms with van der Waals surface area (Å²) in [6.07, 6.45) is 3.17. The van der Waals surface area contributed by atoms with Gasteiger partial charge in [0.05, 0.1) is 37.4 Å². The van der Waals surface area contributed by atoms with E-state index in [9.17, 15) is 9.59 Å². The van der Waals surface area contributed by atoms with Gasteiger partial charge < -0.3 is 9.15 Å². The number of carbonyl (C=O) groups is 1. The fourth-order valence-corrected chi connectivity index (χ4v) is 4.60. The molecule has 1 saturated heterocycles. The number of furan rings is 1. The summed E-state index contributed by atoms with van der Waals surface area (Å²) in [5.74, 6) is 2.35. The molecular formula is C27H27N3O4. The van der Waals surface area contributed by atoms with Crippen molar-refractivity contribution in [3.05, 3.63) is 94.4 Å². The third-order valence-electron chi connectivity index (χ3n) is 6.53. The highest BCUT2D eigenvalue weighted by atomic mass is 16.5. The van der Waals surface area contributed by atoms with Crippen molar-refractivity contribution in [3.8, 4) is 5.75 Å². The maximum absolute atomic E-state index is 13.3. The van der Waals surface area contributed by atoms with E-state index < -0.39 is 0 Å². The lowest BCUT2D eigenvalue weighted by Gasteiger charge is -2.31. The van der Waals surface area contributed by atoms with Gasteiger partial charge in [-0.05, 0) is 74.5 Å². The van der Waals surface area contributed by atoms with Gasteiger partial charge >= 0.3 is 0 Å². The Morgan fingerprint density at radius 2 is 1.79 bits per heavy atom. The maximum atomic E-state index is 13.3. The normalized spacial score (nSPS) is 15.0. The molecule has 0 radical (unpaired) electrons. The van der Waals surface area contributed by atoms with Gasteiger partial charge in [0.25, 0.3) is 5.56 Å². The maximum Gasteiger partial charge on any atom is 0.261 e. The molecule has 0 N–H and O–H groups in total. The standard InChI is InChI=1S/C27H27N3O4/c1-33-21-10-8-19(9-11-21)26(31)20-12-14-29(15-13-20)18-25-28-24-7-3-2-6-23(24)27(32)30(25)17-22-5-4-16-34-22/h2-11,16,20H,12-15,17-18H2,1H3. The topological polar surface area (TPSA) is 77.6 Å². The average Bonchev–Trinajstić information content (AvgIpc) is 3.40. The summed E-state index contributed by atoms with van der Waals surface area (Å²) < 4.78 is 12.4. The van der Waals surface area contributed by atoms with Crippen LogP contribution in [-0.2, 0) is 13.1 Å². The summed E-state index contributed by atoms with van der Waals surface area (Å²) in [7, 11) is 1.62. The molecule has 2 aromatic heterocycles. The number of rotatable bonds is 7. The van der Waals surface area contributed by atoms with E-state index in [2.05, 4.69) is 4.90 Å². The molecule has 0 saturated carbocycles. The SMILES string of the molecule is COc1ccc(C(=O)C2CCN(Cc3nc4ccccc4c(=O)n3Cc3ccco3)CC2)cc1. The first-order chi connectivity index (χ1) is 16.6. The molecule has 7 heteroatoms. The molecule has 34 heavy (non-hydrogen) atoms. The number of benzene rings is 2. The lowest BCUT2D eigenvalue weighted by Crippen LogP contribution is -2.38. The van der Waals surface area contributed by atoms with Crippen molar-refractivity contribution < 1.29 is 13.9 Å². The van der Waals surface area contributed by atoms with Crippen LogP contribution in [0.25, 0.3) is 10.9 Å². The van der Waals surface area contributed by atoms with Gasteiger partial charge in [-0.2, -0.15) is 0 Å². The van der Waals surface area contributed by atoms with Gasteiger partial charge in [0, 0.05) is 11.5 Å². The minimum Gasteiger partial charge on any atom is -0.497 e. The number of Topliss-reactive ketones (excluding diaryl/α,β-unsaturated/α-hetero) is 1. The van der Waals surface area contributed by atoms with E-state index in [1.807, 2.05) is 60.7 Å². The first-order valence-electron chi connectivity index (χ1n) is 11.5. The summed E-state index contributed by atoms with van der Waals surface area (Å²) >= 11 is 0. The van der Waals surface area contributed by atoms with Crippen molar-refractivity contribution in [2.45, 2.75) is 25.9 Å². The van der Waals surface area contributed by atoms with E-state index in [0.29, 0.717) is 35.6 Å². The number of ether oxygens (including phenoxy) is 1. The highest BCUT2D eigenvalue weighted by Crippen LogP contribution is 2.24. The molecule has 0 amide bonds. The van der Waals surface area contributed by atoms with E-state index in [1.54, 1.807) is 17.9 Å². The predicted molar refractivity (Wildman–Crippen MR) is 129 cm³/mol. The number of carbonyl (C=O) groups excluding carboxylic acids is 1. The third-order valence-corrected chi connectivity index (χ3v) is 6.53. The van der Waals surface area contributed by atoms with Crippen molar-refractivity contribution in [1.29, 1.82) is 0 Å². The molecular weight excluding hydrogens is 430 g/mol. The second kappa shape index (κ2) is 9.65. The number of piperidine rings is 1. The van der Waals surface area contributed by atoms with Gasteiger partial charge in [0.2, 0.25) is 0 Å². The van der Waals surface area contributed by atoms with Gasteiger partial charge in [-0.25, -0.2) is 4.98 Å². The molecule has 5 rings (SSSR count). The number of ketones is 1. The van der Waals surface area contributed by atoms with Crippen molar-refractivity contribution >= 4 is 16.7 Å². The van der Waals surface area contributed by atoms with Gasteiger partial charge in [-0.3, -0.25) is 19.1 Å². The second-order valence-corrected chi connectivity index (χ2v) is 8.66. The van der Waals surface area contributed by atoms with Crippen molar-refractivity contribution in [2.24, 2.45) is 5.92 Å². The average molecular weight is 458 g/mol. The first-order valence-corrected chi connectivity index (χ1v) is 11.5. The largest absolute Gasteiger partial charge is 0.497 e. The molecule has 2 aromatic carbocycles. The zero-order chi connectivity index (χ0) is 23.5. The molecule has 3 heterocycles. The zero-order valence-corrected chi connectivity index (χ0v) is 19.1. The molecule has 1 fully saturated rings. The van der Waals surface area contributed by atoms with Crippen molar-refractivity contribution in [3.63, 3.8) is 0 Å². The number of hydrogen-bond donors (Lipinski definition) is 0. The summed E-state index contributed by atoms with van der Waals surface area (Å²) in [6, 6.07) is 18.4. The van der Waals surface area contributed by atoms with E-state index >= 15 is 0 Å². The number of nitrogens with zero attached hydrogens (tertiary/aromatic N) is 3. The Morgan fingerprint density at radius 1 is 1.03 bits per heavy atom. The lowest BCUT2D eigenvalue weighted by atomic mass is 9.89. The van der Waals surface area contributed by atoms with Crippen LogP contribution in [-0.4, -0.2) is 40.4 Å². The van der Waals surface area contributed by atoms with Gasteiger partial charge in [-0.15, -0.1) is 0 Å².